The molecule has 3 aliphatic rings. The van der Waals surface area contributed by atoms with E-state index in [4.69, 9.17) is 0 Å². The maximum Gasteiger partial charge on any atom is 0.283 e. The smallest absolute Gasteiger partial charge is 0.283 e. The zero-order chi connectivity index (χ0) is 19.0. The van der Waals surface area contributed by atoms with E-state index in [0.29, 0.717) is 30.3 Å². The van der Waals surface area contributed by atoms with Gasteiger partial charge in [-0.3, -0.25) is 4.79 Å². The molecule has 1 aliphatic heterocycles. The first-order chi connectivity index (χ1) is 12.9. The van der Waals surface area contributed by atoms with Crippen LogP contribution in [0, 0.1) is 17.8 Å². The summed E-state index contributed by atoms with van der Waals surface area (Å²) in [4.78, 5) is 14.4. The second-order valence-corrected chi connectivity index (χ2v) is 9.82. The maximum atomic E-state index is 12.5. The summed E-state index contributed by atoms with van der Waals surface area (Å²) in [5.74, 6) is 2.70. The van der Waals surface area contributed by atoms with Crippen molar-refractivity contribution < 1.29 is 13.2 Å². The molecule has 3 fully saturated rings. The standard InChI is InChI=1S/C20H27N3O3S/c1-23-10-2-3-19(23)22-27(25,26)18-8-6-17(7-9-18)21-20(24)13-16-12-14-4-5-15(16)11-14/h6-9,14-16H,2-5,10-13H2,1H3,(H,21,24)/t14-,15-,16+/m0/s1. The predicted molar refractivity (Wildman–Crippen MR) is 105 cm³/mol. The minimum atomic E-state index is -3.71. The first-order valence-corrected chi connectivity index (χ1v) is 11.3. The number of amidine groups is 1. The molecule has 1 N–H and O–H groups in total. The minimum absolute atomic E-state index is 0.0241. The molecule has 4 rings (SSSR count). The molecule has 0 unspecified atom stereocenters. The molecule has 7 heteroatoms. The van der Waals surface area contributed by atoms with Crippen LogP contribution in [0.5, 0.6) is 0 Å². The Kier molecular flexibility index (Phi) is 4.97. The Labute approximate surface area is 161 Å². The van der Waals surface area contributed by atoms with Gasteiger partial charge < -0.3 is 10.2 Å². The summed E-state index contributed by atoms with van der Waals surface area (Å²) in [7, 11) is -1.86. The fourth-order valence-corrected chi connectivity index (χ4v) is 5.98. The highest BCUT2D eigenvalue weighted by Crippen LogP contribution is 2.49. The molecule has 3 atom stereocenters. The van der Waals surface area contributed by atoms with Crippen LogP contribution >= 0.6 is 0 Å². The number of carbonyl (C=O) groups excluding carboxylic acids is 1. The van der Waals surface area contributed by atoms with E-state index in [2.05, 4.69) is 9.71 Å². The number of anilines is 1. The molecule has 27 heavy (non-hydrogen) atoms. The minimum Gasteiger partial charge on any atom is -0.362 e. The number of nitrogens with one attached hydrogen (secondary N) is 1. The van der Waals surface area contributed by atoms with Crippen molar-refractivity contribution in [3.8, 4) is 0 Å². The van der Waals surface area contributed by atoms with E-state index in [9.17, 15) is 13.2 Å². The SMILES string of the molecule is CN1CCCC1=NS(=O)(=O)c1ccc(NC(=O)C[C@H]2C[C@H]3CC[C@H]2C3)cc1. The lowest BCUT2D eigenvalue weighted by Crippen LogP contribution is -2.20. The zero-order valence-electron chi connectivity index (χ0n) is 15.7. The number of benzene rings is 1. The lowest BCUT2D eigenvalue weighted by atomic mass is 9.86. The first kappa shape index (κ1) is 18.5. The zero-order valence-corrected chi connectivity index (χ0v) is 16.5. The van der Waals surface area contributed by atoms with Crippen LogP contribution in [0.2, 0.25) is 0 Å². The third-order valence-electron chi connectivity index (χ3n) is 6.33. The summed E-state index contributed by atoms with van der Waals surface area (Å²) in [6.45, 7) is 0.835. The molecule has 2 saturated carbocycles. The molecule has 1 amide bonds. The Morgan fingerprint density at radius 2 is 2.00 bits per heavy atom. The molecular weight excluding hydrogens is 362 g/mol. The Hall–Kier alpha value is -1.89. The normalized spacial score (nSPS) is 28.9. The molecule has 1 heterocycles. The van der Waals surface area contributed by atoms with E-state index in [-0.39, 0.29) is 10.8 Å². The van der Waals surface area contributed by atoms with E-state index in [0.717, 1.165) is 24.8 Å². The highest BCUT2D eigenvalue weighted by molar-refractivity contribution is 7.90. The summed E-state index contributed by atoms with van der Waals surface area (Å²) in [5, 5.41) is 2.91. The number of hydrogen-bond acceptors (Lipinski definition) is 3. The quantitative estimate of drug-likeness (QED) is 0.838. The Bertz CT molecular complexity index is 848. The number of amides is 1. The number of carbonyl (C=O) groups is 1. The van der Waals surface area contributed by atoms with Crippen LogP contribution in [0.4, 0.5) is 5.69 Å². The van der Waals surface area contributed by atoms with E-state index in [1.54, 1.807) is 12.1 Å². The summed E-state index contributed by atoms with van der Waals surface area (Å²) in [5.41, 5.74) is 0.632. The van der Waals surface area contributed by atoms with Gasteiger partial charge in [-0.2, -0.15) is 8.42 Å². The van der Waals surface area contributed by atoms with Gasteiger partial charge in [0.1, 0.15) is 5.84 Å². The van der Waals surface area contributed by atoms with Crippen molar-refractivity contribution in [1.82, 2.24) is 4.90 Å². The third kappa shape index (κ3) is 4.03. The van der Waals surface area contributed by atoms with Gasteiger partial charge in [-0.15, -0.1) is 4.40 Å². The Morgan fingerprint density at radius 1 is 1.22 bits per heavy atom. The van der Waals surface area contributed by atoms with E-state index in [1.807, 2.05) is 11.9 Å². The third-order valence-corrected chi connectivity index (χ3v) is 7.65. The van der Waals surface area contributed by atoms with Crippen molar-refractivity contribution >= 4 is 27.5 Å². The highest BCUT2D eigenvalue weighted by Gasteiger charge is 2.40. The average molecular weight is 390 g/mol. The van der Waals surface area contributed by atoms with Crippen LogP contribution in [-0.2, 0) is 14.8 Å². The molecule has 1 aromatic rings. The summed E-state index contributed by atoms with van der Waals surface area (Å²) >= 11 is 0. The van der Waals surface area contributed by atoms with Crippen molar-refractivity contribution in [3.05, 3.63) is 24.3 Å². The molecule has 0 radical (unpaired) electrons. The maximum absolute atomic E-state index is 12.5. The van der Waals surface area contributed by atoms with Crippen LogP contribution < -0.4 is 5.32 Å². The molecule has 2 aliphatic carbocycles. The van der Waals surface area contributed by atoms with Crippen LogP contribution in [0.3, 0.4) is 0 Å². The lowest BCUT2D eigenvalue weighted by Gasteiger charge is -2.20. The number of nitrogens with zero attached hydrogens (tertiary/aromatic N) is 2. The molecule has 1 aromatic carbocycles. The number of likely N-dealkylation sites (tertiary alicyclic amines) is 1. The predicted octanol–water partition coefficient (Wildman–Crippen LogP) is 3.26. The summed E-state index contributed by atoms with van der Waals surface area (Å²) in [6.07, 6.45) is 7.27. The van der Waals surface area contributed by atoms with E-state index < -0.39 is 10.0 Å². The summed E-state index contributed by atoms with van der Waals surface area (Å²) < 4.78 is 28.9. The van der Waals surface area contributed by atoms with Gasteiger partial charge in [-0.05, 0) is 67.7 Å². The molecule has 0 aromatic heterocycles. The van der Waals surface area contributed by atoms with Gasteiger partial charge in [-0.1, -0.05) is 6.42 Å². The fraction of sp³-hybridized carbons (Fsp3) is 0.600. The van der Waals surface area contributed by atoms with Gasteiger partial charge in [0.15, 0.2) is 0 Å². The Balaban J connectivity index is 1.38. The van der Waals surface area contributed by atoms with E-state index in [1.165, 1.54) is 37.8 Å². The van der Waals surface area contributed by atoms with Crippen molar-refractivity contribution in [1.29, 1.82) is 0 Å². The summed E-state index contributed by atoms with van der Waals surface area (Å²) in [6, 6.07) is 6.32. The van der Waals surface area contributed by atoms with Crippen molar-refractivity contribution in [3.63, 3.8) is 0 Å². The monoisotopic (exact) mass is 389 g/mol. The van der Waals surface area contributed by atoms with Gasteiger partial charge in [0, 0.05) is 32.1 Å². The Morgan fingerprint density at radius 3 is 2.59 bits per heavy atom. The largest absolute Gasteiger partial charge is 0.362 e. The molecule has 146 valence electrons. The molecule has 1 saturated heterocycles. The second-order valence-electron chi connectivity index (χ2n) is 8.22. The van der Waals surface area contributed by atoms with Crippen molar-refractivity contribution in [2.75, 3.05) is 18.9 Å². The van der Waals surface area contributed by atoms with Crippen LogP contribution in [0.15, 0.2) is 33.6 Å². The highest BCUT2D eigenvalue weighted by atomic mass is 32.2. The fourth-order valence-electron chi connectivity index (χ4n) is 4.89. The molecule has 2 bridgehead atoms. The number of rotatable bonds is 5. The van der Waals surface area contributed by atoms with Crippen molar-refractivity contribution in [2.45, 2.75) is 49.8 Å². The number of fused-ring (bicyclic) bond motifs is 2. The second kappa shape index (κ2) is 7.26. The van der Waals surface area contributed by atoms with Crippen molar-refractivity contribution in [2.24, 2.45) is 22.2 Å². The van der Waals surface area contributed by atoms with Crippen LogP contribution in [0.25, 0.3) is 0 Å². The average Bonchev–Trinajstić information content (AvgIpc) is 3.33. The van der Waals surface area contributed by atoms with Crippen LogP contribution in [-0.4, -0.2) is 38.7 Å². The van der Waals surface area contributed by atoms with Gasteiger partial charge >= 0.3 is 0 Å². The first-order valence-electron chi connectivity index (χ1n) is 9.85. The molecule has 0 spiro atoms. The van der Waals surface area contributed by atoms with Gasteiger partial charge in [0.2, 0.25) is 5.91 Å². The molecular formula is C20H27N3O3S. The van der Waals surface area contributed by atoms with Gasteiger partial charge in [0.25, 0.3) is 10.0 Å². The molecule has 6 nitrogen and oxygen atoms in total. The topological polar surface area (TPSA) is 78.8 Å². The van der Waals surface area contributed by atoms with E-state index >= 15 is 0 Å². The van der Waals surface area contributed by atoms with Gasteiger partial charge in [-0.25, -0.2) is 0 Å². The van der Waals surface area contributed by atoms with Gasteiger partial charge in [0.05, 0.1) is 4.90 Å². The lowest BCUT2D eigenvalue weighted by molar-refractivity contribution is -0.117. The number of sulfonamides is 1. The van der Waals surface area contributed by atoms with Crippen LogP contribution in [0.1, 0.15) is 44.9 Å². The number of hydrogen-bond donors (Lipinski definition) is 1.